The highest BCUT2D eigenvalue weighted by Gasteiger charge is 2.43. The second kappa shape index (κ2) is 22.8. The molecular weight excluding hydrogens is 877 g/mol. The van der Waals surface area contributed by atoms with E-state index in [4.69, 9.17) is 4.74 Å². The van der Waals surface area contributed by atoms with Crippen LogP contribution in [-0.2, 0) is 60.7 Å². The Bertz CT molecular complexity index is 2360. The lowest BCUT2D eigenvalue weighted by molar-refractivity contribution is -0.154. The Morgan fingerprint density at radius 1 is 0.691 bits per heavy atom. The molecule has 1 aromatic heterocycles. The summed E-state index contributed by atoms with van der Waals surface area (Å²) in [5, 5.41) is 25.0. The first-order valence-electron chi connectivity index (χ1n) is 23.3. The number of hydrogen-bond acceptors (Lipinski definition) is 10. The van der Waals surface area contributed by atoms with Gasteiger partial charge in [-0.25, -0.2) is 0 Å². The zero-order chi connectivity index (χ0) is 49.2. The number of hydrogen-bond donors (Lipinski definition) is 10. The number of rotatable bonds is 11. The number of para-hydroxylation sites is 1. The molecule has 0 saturated carbocycles. The summed E-state index contributed by atoms with van der Waals surface area (Å²) in [5.74, 6) is -7.54. The zero-order valence-corrected chi connectivity index (χ0v) is 39.2. The van der Waals surface area contributed by atoms with E-state index in [-0.39, 0.29) is 49.0 Å². The summed E-state index contributed by atoms with van der Waals surface area (Å²) < 4.78 is 6.26. The number of carbonyl (C=O) groups excluding carboxylic acids is 9. The molecule has 3 aliphatic heterocycles. The molecule has 20 nitrogen and oxygen atoms in total. The minimum Gasteiger partial charge on any atom is -0.361 e. The van der Waals surface area contributed by atoms with Gasteiger partial charge in [-0.05, 0) is 47.8 Å². The number of carbonyl (C=O) groups is 9. The topological polar surface area (TPSA) is 287 Å². The van der Waals surface area contributed by atoms with Crippen molar-refractivity contribution in [2.24, 2.45) is 17.8 Å². The van der Waals surface area contributed by atoms with Crippen LogP contribution < -0.4 is 47.9 Å². The molecule has 3 saturated heterocycles. The Balaban J connectivity index is 1.38. The lowest BCUT2D eigenvalue weighted by Gasteiger charge is -2.45. The van der Waals surface area contributed by atoms with Crippen molar-refractivity contribution in [3.05, 3.63) is 71.9 Å². The standard InChI is InChI=1S/C48H64N10O10/c1-7-38-25(4)26(5)41(51-27(6)59)48(68-38)58-40(61)21-36-46(66)55-35-20-39(60)50-23-37(47(67)52-32(17-24(2)3)42(62)56-36)57-43(63)33(18-28-13-9-8-10-14-28)53-44(64)34(54-45(35)65)19-29-22-49-31-16-12-11-15-30(29)31/h8-16,22,24-26,32-38,41,48-49H,7,17-21,23H2,1-6H3,(H,50,60)(H,51,59)(H,52,67)(H,53,64)(H,54,65)(H,55,66)(H,56,62)(H,57,63)(H,58,61)/t25?,26?,32?,33?,34?,35-,36?,37-,38?,41?,48?/m0/s1. The van der Waals surface area contributed by atoms with E-state index in [1.54, 1.807) is 50.4 Å². The van der Waals surface area contributed by atoms with E-state index in [0.717, 1.165) is 10.9 Å². The van der Waals surface area contributed by atoms with Gasteiger partial charge in [0.1, 0.15) is 36.3 Å². The SMILES string of the molecule is CCC1OC(NC(=O)CC2NC(=O)C(CC(C)C)NC(=O)[C@@H]3CNC(=O)C[C@H](NC2=O)C(=O)NC(Cc2c[nH]c4ccccc24)C(=O)NC(Cc2ccccc2)C(=O)N3)C(NC(C)=O)C(C)C1C. The maximum atomic E-state index is 14.5. The van der Waals surface area contributed by atoms with E-state index >= 15 is 0 Å². The molecule has 3 fully saturated rings. The highest BCUT2D eigenvalue weighted by Crippen LogP contribution is 2.31. The van der Waals surface area contributed by atoms with Crippen molar-refractivity contribution in [2.75, 3.05) is 6.54 Å². The van der Waals surface area contributed by atoms with Crippen molar-refractivity contribution in [2.45, 2.75) is 135 Å². The molecule has 0 radical (unpaired) electrons. The summed E-state index contributed by atoms with van der Waals surface area (Å²) in [5.41, 5.74) is 2.05. The molecule has 0 aliphatic carbocycles. The normalized spacial score (nSPS) is 28.8. The molecule has 11 atom stereocenters. The number of amides is 9. The fraction of sp³-hybridized carbons (Fsp3) is 0.521. The number of benzene rings is 2. The molecule has 2 bridgehead atoms. The second-order valence-electron chi connectivity index (χ2n) is 18.5. The number of ether oxygens (including phenoxy) is 1. The number of aromatic amines is 1. The maximum Gasteiger partial charge on any atom is 0.245 e. The largest absolute Gasteiger partial charge is 0.361 e. The van der Waals surface area contributed by atoms with Gasteiger partial charge in [0.05, 0.1) is 25.0 Å². The third-order valence-corrected chi connectivity index (χ3v) is 12.9. The molecular formula is C48H64N10O10. The van der Waals surface area contributed by atoms with Gasteiger partial charge < -0.3 is 57.6 Å². The summed E-state index contributed by atoms with van der Waals surface area (Å²) in [6.45, 7) is 10.3. The lowest BCUT2D eigenvalue weighted by atomic mass is 9.80. The van der Waals surface area contributed by atoms with E-state index < -0.39 is 115 Å². The van der Waals surface area contributed by atoms with Gasteiger partial charge in [-0.3, -0.25) is 43.2 Å². The van der Waals surface area contributed by atoms with Gasteiger partial charge >= 0.3 is 0 Å². The van der Waals surface area contributed by atoms with Crippen molar-refractivity contribution in [3.8, 4) is 0 Å². The van der Waals surface area contributed by atoms with Crippen molar-refractivity contribution in [3.63, 3.8) is 0 Å². The first kappa shape index (κ1) is 50.6. The van der Waals surface area contributed by atoms with Crippen LogP contribution in [0.1, 0.15) is 78.4 Å². The molecule has 68 heavy (non-hydrogen) atoms. The van der Waals surface area contributed by atoms with Crippen LogP contribution in [0.3, 0.4) is 0 Å². The van der Waals surface area contributed by atoms with Crippen LogP contribution >= 0.6 is 0 Å². The highest BCUT2D eigenvalue weighted by molar-refractivity contribution is 6.01. The Morgan fingerprint density at radius 3 is 1.99 bits per heavy atom. The first-order valence-corrected chi connectivity index (χ1v) is 23.3. The predicted octanol–water partition coefficient (Wildman–Crippen LogP) is -0.140. The summed E-state index contributed by atoms with van der Waals surface area (Å²) in [7, 11) is 0. The summed E-state index contributed by atoms with van der Waals surface area (Å²) >= 11 is 0. The predicted molar refractivity (Wildman–Crippen MR) is 248 cm³/mol. The van der Waals surface area contributed by atoms with Gasteiger partial charge in [0.25, 0.3) is 0 Å². The molecule has 9 amide bonds. The minimum absolute atomic E-state index is 0.00808. The Hall–Kier alpha value is -6.83. The van der Waals surface area contributed by atoms with E-state index in [0.29, 0.717) is 17.5 Å². The van der Waals surface area contributed by atoms with Crippen LogP contribution in [0.15, 0.2) is 60.8 Å². The number of aromatic nitrogens is 1. The number of fused-ring (bicyclic) bond motifs is 6. The average Bonchev–Trinajstić information content (AvgIpc) is 3.70. The Labute approximate surface area is 394 Å². The van der Waals surface area contributed by atoms with Crippen molar-refractivity contribution in [1.29, 1.82) is 0 Å². The molecule has 3 aromatic rings. The van der Waals surface area contributed by atoms with Gasteiger partial charge in [0.15, 0.2) is 6.23 Å². The van der Waals surface area contributed by atoms with Crippen LogP contribution in [0, 0.1) is 17.8 Å². The molecule has 2 aromatic carbocycles. The Morgan fingerprint density at radius 2 is 1.28 bits per heavy atom. The molecule has 6 rings (SSSR count). The van der Waals surface area contributed by atoms with Crippen LogP contribution in [0.2, 0.25) is 0 Å². The minimum atomic E-state index is -1.70. The smallest absolute Gasteiger partial charge is 0.245 e. The molecule has 3 aliphatic rings. The summed E-state index contributed by atoms with van der Waals surface area (Å²) in [6, 6.07) is 6.58. The zero-order valence-electron chi connectivity index (χ0n) is 39.2. The quantitative estimate of drug-likeness (QED) is 0.122. The summed E-state index contributed by atoms with van der Waals surface area (Å²) in [6.07, 6.45) is -0.528. The number of nitrogens with one attached hydrogen (secondary N) is 10. The second-order valence-corrected chi connectivity index (χ2v) is 18.5. The van der Waals surface area contributed by atoms with E-state index in [9.17, 15) is 43.2 Å². The maximum absolute atomic E-state index is 14.5. The van der Waals surface area contributed by atoms with Gasteiger partial charge in [0.2, 0.25) is 53.2 Å². The van der Waals surface area contributed by atoms with Crippen LogP contribution in [0.5, 0.6) is 0 Å². The van der Waals surface area contributed by atoms with Crippen molar-refractivity contribution >= 4 is 64.1 Å². The van der Waals surface area contributed by atoms with Gasteiger partial charge in [-0.15, -0.1) is 0 Å². The Kier molecular flexibility index (Phi) is 16.9. The fourth-order valence-electron chi connectivity index (χ4n) is 9.00. The van der Waals surface area contributed by atoms with Crippen LogP contribution in [-0.4, -0.2) is 119 Å². The van der Waals surface area contributed by atoms with Crippen molar-refractivity contribution in [1.82, 2.24) is 52.8 Å². The molecule has 20 heteroatoms. The summed E-state index contributed by atoms with van der Waals surface area (Å²) in [4.78, 5) is 130. The lowest BCUT2D eigenvalue weighted by Crippen LogP contribution is -2.65. The molecule has 9 unspecified atom stereocenters. The van der Waals surface area contributed by atoms with E-state index in [1.165, 1.54) is 6.92 Å². The third kappa shape index (κ3) is 13.0. The van der Waals surface area contributed by atoms with Crippen LogP contribution in [0.25, 0.3) is 10.9 Å². The average molecular weight is 941 g/mol. The fourth-order valence-corrected chi connectivity index (χ4v) is 9.00. The molecule has 10 N–H and O–H groups in total. The molecule has 366 valence electrons. The highest BCUT2D eigenvalue weighted by atomic mass is 16.5. The molecule has 0 spiro atoms. The van der Waals surface area contributed by atoms with Gasteiger partial charge in [-0.1, -0.05) is 83.1 Å². The van der Waals surface area contributed by atoms with Gasteiger partial charge in [0, 0.05) is 43.4 Å². The van der Waals surface area contributed by atoms with E-state index in [1.807, 2.05) is 45.0 Å². The van der Waals surface area contributed by atoms with Crippen LogP contribution in [0.4, 0.5) is 0 Å². The number of H-pyrrole nitrogens is 1. The van der Waals surface area contributed by atoms with Crippen molar-refractivity contribution < 1.29 is 47.9 Å². The monoisotopic (exact) mass is 940 g/mol. The van der Waals surface area contributed by atoms with Gasteiger partial charge in [-0.2, -0.15) is 0 Å². The van der Waals surface area contributed by atoms with E-state index in [2.05, 4.69) is 52.8 Å². The first-order chi connectivity index (χ1) is 32.4. The third-order valence-electron chi connectivity index (χ3n) is 12.9. The molecule has 4 heterocycles.